The van der Waals surface area contributed by atoms with Crippen molar-refractivity contribution in [2.45, 2.75) is 26.6 Å². The highest BCUT2D eigenvalue weighted by Crippen LogP contribution is 2.30. The van der Waals surface area contributed by atoms with E-state index in [0.29, 0.717) is 23.5 Å². The Labute approximate surface area is 245 Å². The third-order valence-electron chi connectivity index (χ3n) is 6.08. The zero-order valence-corrected chi connectivity index (χ0v) is 23.6. The van der Waals surface area contributed by atoms with Crippen LogP contribution >= 0.6 is 23.2 Å². The monoisotopic (exact) mass is 618 g/mol. The van der Waals surface area contributed by atoms with Gasteiger partial charge in [-0.2, -0.15) is 15.2 Å². The predicted octanol–water partition coefficient (Wildman–Crippen LogP) is 2.44. The summed E-state index contributed by atoms with van der Waals surface area (Å²) in [4.78, 5) is 46.6. The van der Waals surface area contributed by atoms with Crippen LogP contribution in [0.25, 0.3) is 10.9 Å². The summed E-state index contributed by atoms with van der Waals surface area (Å²) in [6.45, 7) is 1.48. The number of aryl methyl sites for hydroxylation is 1. The van der Waals surface area contributed by atoms with Gasteiger partial charge < -0.3 is 10.6 Å². The lowest BCUT2D eigenvalue weighted by atomic mass is 10.2. The van der Waals surface area contributed by atoms with Gasteiger partial charge in [-0.15, -0.1) is 0 Å². The summed E-state index contributed by atoms with van der Waals surface area (Å²) >= 11 is 12.4. The summed E-state index contributed by atoms with van der Waals surface area (Å²) in [6, 6.07) is 4.76. The molecule has 0 spiro atoms. The zero-order chi connectivity index (χ0) is 30.1. The van der Waals surface area contributed by atoms with Crippen LogP contribution in [0.2, 0.25) is 10.0 Å². The van der Waals surface area contributed by atoms with E-state index >= 15 is 0 Å². The summed E-state index contributed by atoms with van der Waals surface area (Å²) < 4.78 is 33.1. The van der Waals surface area contributed by atoms with E-state index in [1.165, 1.54) is 21.8 Å². The Morgan fingerprint density at radius 2 is 1.79 bits per heavy atom. The molecule has 0 aliphatic rings. The number of nitrogens with zero attached hydrogens (tertiary/aromatic N) is 8. The van der Waals surface area contributed by atoms with Gasteiger partial charge in [0.05, 0.1) is 34.3 Å². The predicted molar refractivity (Wildman–Crippen MR) is 150 cm³/mol. The molecule has 5 aromatic rings. The summed E-state index contributed by atoms with van der Waals surface area (Å²) in [5, 5.41) is 14.4. The zero-order valence-electron chi connectivity index (χ0n) is 22.1. The smallest absolute Gasteiger partial charge is 0.355 e. The van der Waals surface area contributed by atoms with Crippen LogP contribution in [0.15, 0.2) is 46.4 Å². The number of amides is 1. The first kappa shape index (κ1) is 28.9. The maximum absolute atomic E-state index is 14.7. The molecule has 42 heavy (non-hydrogen) atoms. The lowest BCUT2D eigenvalue weighted by molar-refractivity contribution is -0.121. The molecule has 2 aromatic carbocycles. The number of hydrogen-bond donors (Lipinski definition) is 2. The minimum Gasteiger partial charge on any atom is -0.355 e. The average Bonchev–Trinajstić information content (AvgIpc) is 3.51. The van der Waals surface area contributed by atoms with Crippen LogP contribution in [0.5, 0.6) is 0 Å². The molecule has 2 N–H and O–H groups in total. The molecule has 0 fully saturated rings. The van der Waals surface area contributed by atoms with Crippen LogP contribution in [0.1, 0.15) is 18.3 Å². The number of likely N-dealkylation sites (N-methyl/N-ethyl adjacent to an activating group) is 1. The second kappa shape index (κ2) is 11.7. The van der Waals surface area contributed by atoms with E-state index in [-0.39, 0.29) is 52.1 Å². The van der Waals surface area contributed by atoms with Gasteiger partial charge in [-0.25, -0.2) is 27.9 Å². The van der Waals surface area contributed by atoms with Crippen LogP contribution in [0.3, 0.4) is 0 Å². The number of rotatable bonds is 9. The molecular weight excluding hydrogens is 597 g/mol. The summed E-state index contributed by atoms with van der Waals surface area (Å²) in [5.74, 6) is -2.26. The van der Waals surface area contributed by atoms with Gasteiger partial charge in [0.1, 0.15) is 24.5 Å². The highest BCUT2D eigenvalue weighted by Gasteiger charge is 2.19. The number of fused-ring (bicyclic) bond motifs is 1. The summed E-state index contributed by atoms with van der Waals surface area (Å²) in [6.07, 6.45) is 3.02. The van der Waals surface area contributed by atoms with Gasteiger partial charge in [-0.05, 0) is 25.1 Å². The molecule has 17 heteroatoms. The number of hydrogen-bond acceptors (Lipinski definition) is 8. The van der Waals surface area contributed by atoms with Gasteiger partial charge in [0.25, 0.3) is 0 Å². The van der Waals surface area contributed by atoms with Crippen molar-refractivity contribution in [3.63, 3.8) is 0 Å². The van der Waals surface area contributed by atoms with E-state index < -0.39 is 29.6 Å². The Bertz CT molecular complexity index is 1950. The summed E-state index contributed by atoms with van der Waals surface area (Å²) in [7, 11) is 1.62. The van der Waals surface area contributed by atoms with Crippen LogP contribution in [-0.4, -0.2) is 51.1 Å². The number of anilines is 2. The first-order valence-electron chi connectivity index (χ1n) is 12.4. The molecule has 13 nitrogen and oxygen atoms in total. The van der Waals surface area contributed by atoms with Crippen molar-refractivity contribution < 1.29 is 13.6 Å². The van der Waals surface area contributed by atoms with Crippen molar-refractivity contribution in [1.29, 1.82) is 0 Å². The van der Waals surface area contributed by atoms with Crippen molar-refractivity contribution in [3.05, 3.63) is 90.8 Å². The molecule has 0 aliphatic carbocycles. The molecule has 0 bridgehead atoms. The fourth-order valence-corrected chi connectivity index (χ4v) is 4.54. The van der Waals surface area contributed by atoms with Crippen molar-refractivity contribution in [1.82, 2.24) is 44.0 Å². The highest BCUT2D eigenvalue weighted by molar-refractivity contribution is 6.34. The topological polar surface area (TPSA) is 147 Å². The number of aromatic nitrogens is 8. The molecule has 218 valence electrons. The number of carbonyl (C=O) groups excluding carboxylic acids is 1. The molecular formula is C25H22Cl2F2N10O3. The Balaban J connectivity index is 1.58. The molecule has 0 radical (unpaired) electrons. The number of halogens is 4. The van der Waals surface area contributed by atoms with Crippen molar-refractivity contribution in [2.24, 2.45) is 7.05 Å². The lowest BCUT2D eigenvalue weighted by Gasteiger charge is -2.16. The average molecular weight is 619 g/mol. The normalized spacial score (nSPS) is 11.3. The SMILES string of the molecule is CCNC(=O)Cn1cc2cc(Nc3nc(=O)n(Cc4ncn(C)n4)c(=O)n3Cc3cc(Cl)c(F)cc3F)c(Cl)cc2n1. The third kappa shape index (κ3) is 6.01. The van der Waals surface area contributed by atoms with Crippen LogP contribution in [0, 0.1) is 11.6 Å². The second-order valence-electron chi connectivity index (χ2n) is 9.16. The fourth-order valence-electron chi connectivity index (χ4n) is 4.15. The fraction of sp³-hybridized carbons (Fsp3) is 0.240. The van der Waals surface area contributed by atoms with E-state index in [0.717, 1.165) is 15.2 Å². The molecule has 0 saturated heterocycles. The Kier molecular flexibility index (Phi) is 8.04. The summed E-state index contributed by atoms with van der Waals surface area (Å²) in [5.41, 5.74) is -1.22. The lowest BCUT2D eigenvalue weighted by Crippen LogP contribution is -2.43. The molecule has 3 aromatic heterocycles. The van der Waals surface area contributed by atoms with Crippen molar-refractivity contribution >= 4 is 51.6 Å². The van der Waals surface area contributed by atoms with E-state index in [1.54, 1.807) is 26.2 Å². The molecule has 1 amide bonds. The van der Waals surface area contributed by atoms with Crippen LogP contribution in [0.4, 0.5) is 20.4 Å². The van der Waals surface area contributed by atoms with E-state index in [9.17, 15) is 23.2 Å². The Morgan fingerprint density at radius 3 is 2.50 bits per heavy atom. The number of benzene rings is 2. The maximum atomic E-state index is 14.7. The van der Waals surface area contributed by atoms with Gasteiger partial charge >= 0.3 is 11.4 Å². The Hall–Kier alpha value is -4.63. The molecule has 0 aliphatic heterocycles. The van der Waals surface area contributed by atoms with Gasteiger partial charge in [0, 0.05) is 36.8 Å². The van der Waals surface area contributed by atoms with Gasteiger partial charge in [-0.1, -0.05) is 23.2 Å². The number of nitrogens with one attached hydrogen (secondary N) is 2. The van der Waals surface area contributed by atoms with E-state index in [1.807, 2.05) is 0 Å². The quantitative estimate of drug-likeness (QED) is 0.239. The Morgan fingerprint density at radius 1 is 1.00 bits per heavy atom. The van der Waals surface area contributed by atoms with Crippen LogP contribution in [-0.2, 0) is 31.5 Å². The number of carbonyl (C=O) groups is 1. The van der Waals surface area contributed by atoms with E-state index in [4.69, 9.17) is 23.2 Å². The van der Waals surface area contributed by atoms with Gasteiger partial charge in [0.2, 0.25) is 11.9 Å². The molecule has 0 unspecified atom stereocenters. The minimum absolute atomic E-state index is 0.0147. The van der Waals surface area contributed by atoms with E-state index in [2.05, 4.69) is 30.8 Å². The van der Waals surface area contributed by atoms with Gasteiger partial charge in [0.15, 0.2) is 5.82 Å². The molecule has 3 heterocycles. The molecule has 5 rings (SSSR count). The first-order valence-corrected chi connectivity index (χ1v) is 13.2. The van der Waals surface area contributed by atoms with Gasteiger partial charge in [-0.3, -0.25) is 18.7 Å². The molecule has 0 atom stereocenters. The standard InChI is InChI=1S/C25H22Cl2F2N10O3/c1-3-30-22(40)11-37-8-14-5-20(16(27)6-19(14)34-37)32-23-33-24(41)39(10-21-31-12-36(2)35-21)25(42)38(23)9-13-4-15(26)18(29)7-17(13)28/h4-8,12H,3,9-11H2,1-2H3,(H,30,40)(H,32,33,41). The van der Waals surface area contributed by atoms with Crippen molar-refractivity contribution in [3.8, 4) is 0 Å². The second-order valence-corrected chi connectivity index (χ2v) is 9.98. The van der Waals surface area contributed by atoms with Crippen molar-refractivity contribution in [2.75, 3.05) is 11.9 Å². The third-order valence-corrected chi connectivity index (χ3v) is 6.68. The minimum atomic E-state index is -0.972. The maximum Gasteiger partial charge on any atom is 0.355 e. The van der Waals surface area contributed by atoms with Crippen LogP contribution < -0.4 is 22.0 Å². The largest absolute Gasteiger partial charge is 0.355 e. The first-order chi connectivity index (χ1) is 20.0. The highest BCUT2D eigenvalue weighted by atomic mass is 35.5. The molecule has 0 saturated carbocycles.